The number of nitrogens with one attached hydrogen (secondary N) is 1. The van der Waals surface area contributed by atoms with E-state index >= 15 is 0 Å². The minimum atomic E-state index is -0.243. The molecule has 1 saturated carbocycles. The van der Waals surface area contributed by atoms with Gasteiger partial charge in [-0.25, -0.2) is 4.39 Å². The van der Waals surface area contributed by atoms with E-state index in [0.29, 0.717) is 25.7 Å². The largest absolute Gasteiger partial charge is 0.379 e. The van der Waals surface area contributed by atoms with Gasteiger partial charge in [-0.3, -0.25) is 9.69 Å². The van der Waals surface area contributed by atoms with Crippen LogP contribution in [-0.2, 0) is 9.53 Å². The maximum Gasteiger partial charge on any atom is 0.224 e. The molecule has 0 spiro atoms. The second-order valence-corrected chi connectivity index (χ2v) is 8.53. The molecule has 0 bridgehead atoms. The maximum absolute atomic E-state index is 13.3. The van der Waals surface area contributed by atoms with Gasteiger partial charge in [0.25, 0.3) is 0 Å². The monoisotopic (exact) mass is 374 g/mol. The van der Waals surface area contributed by atoms with Gasteiger partial charge in [-0.2, -0.15) is 0 Å². The first kappa shape index (κ1) is 20.0. The quantitative estimate of drug-likeness (QED) is 0.774. The first-order valence-corrected chi connectivity index (χ1v) is 9.80. The molecule has 2 fully saturated rings. The SMILES string of the molecule is CC(C)=C[C@@H]1[C@H](C(=O)NC[C@@H](c2ccc(F)cc2)N2CCOCC2)C1(C)C. The van der Waals surface area contributed by atoms with Crippen LogP contribution < -0.4 is 5.32 Å². The van der Waals surface area contributed by atoms with E-state index in [0.717, 1.165) is 18.7 Å². The Balaban J connectivity index is 1.68. The minimum Gasteiger partial charge on any atom is -0.379 e. The Bertz CT molecular complexity index is 689. The highest BCUT2D eigenvalue weighted by atomic mass is 19.1. The fourth-order valence-corrected chi connectivity index (χ4v) is 4.19. The van der Waals surface area contributed by atoms with E-state index < -0.39 is 0 Å². The normalized spacial score (nSPS) is 25.5. The van der Waals surface area contributed by atoms with Crippen LogP contribution in [0.2, 0.25) is 0 Å². The van der Waals surface area contributed by atoms with Crippen LogP contribution in [0.25, 0.3) is 0 Å². The van der Waals surface area contributed by atoms with Crippen molar-refractivity contribution in [3.8, 4) is 0 Å². The van der Waals surface area contributed by atoms with Gasteiger partial charge in [0.1, 0.15) is 5.82 Å². The van der Waals surface area contributed by atoms with Crippen molar-refractivity contribution in [3.05, 3.63) is 47.3 Å². The van der Waals surface area contributed by atoms with Crippen LogP contribution in [-0.4, -0.2) is 43.7 Å². The minimum absolute atomic E-state index is 0.00564. The number of halogens is 1. The lowest BCUT2D eigenvalue weighted by Gasteiger charge is -2.35. The summed E-state index contributed by atoms with van der Waals surface area (Å²) in [6, 6.07) is 6.63. The highest BCUT2D eigenvalue weighted by Crippen LogP contribution is 2.59. The molecule has 5 heteroatoms. The van der Waals surface area contributed by atoms with E-state index in [2.05, 4.69) is 44.0 Å². The van der Waals surface area contributed by atoms with Crippen molar-refractivity contribution in [2.45, 2.75) is 33.7 Å². The third kappa shape index (κ3) is 4.58. The smallest absolute Gasteiger partial charge is 0.224 e. The van der Waals surface area contributed by atoms with Gasteiger partial charge in [0, 0.05) is 19.6 Å². The predicted molar refractivity (Wildman–Crippen MR) is 105 cm³/mol. The molecular formula is C22H31FN2O2. The molecule has 1 aromatic carbocycles. The van der Waals surface area contributed by atoms with Gasteiger partial charge in [-0.1, -0.05) is 37.6 Å². The summed E-state index contributed by atoms with van der Waals surface area (Å²) in [6.07, 6.45) is 2.21. The van der Waals surface area contributed by atoms with E-state index in [1.165, 1.54) is 17.7 Å². The van der Waals surface area contributed by atoms with Crippen molar-refractivity contribution >= 4 is 5.91 Å². The molecule has 0 aromatic heterocycles. The molecule has 0 unspecified atom stereocenters. The van der Waals surface area contributed by atoms with Gasteiger partial charge in [0.15, 0.2) is 0 Å². The number of amides is 1. The molecule has 1 aromatic rings. The molecule has 1 amide bonds. The summed E-state index contributed by atoms with van der Waals surface area (Å²) in [7, 11) is 0. The van der Waals surface area contributed by atoms with E-state index in [1.54, 1.807) is 0 Å². The van der Waals surface area contributed by atoms with Crippen molar-refractivity contribution < 1.29 is 13.9 Å². The molecule has 1 N–H and O–H groups in total. The molecule has 3 rings (SSSR count). The predicted octanol–water partition coefficient (Wildman–Crippen LogP) is 3.55. The van der Waals surface area contributed by atoms with Crippen LogP contribution in [0.3, 0.4) is 0 Å². The number of ether oxygens (including phenoxy) is 1. The summed E-state index contributed by atoms with van der Waals surface area (Å²) in [4.78, 5) is 15.2. The molecule has 1 saturated heterocycles. The molecule has 1 aliphatic heterocycles. The van der Waals surface area contributed by atoms with Crippen LogP contribution in [0.15, 0.2) is 35.9 Å². The zero-order chi connectivity index (χ0) is 19.6. The van der Waals surface area contributed by atoms with Gasteiger partial charge in [0.2, 0.25) is 5.91 Å². The van der Waals surface area contributed by atoms with E-state index in [4.69, 9.17) is 4.74 Å². The highest BCUT2D eigenvalue weighted by molar-refractivity contribution is 5.83. The number of nitrogens with zero attached hydrogens (tertiary/aromatic N) is 1. The van der Waals surface area contributed by atoms with Crippen molar-refractivity contribution in [2.75, 3.05) is 32.8 Å². The Hall–Kier alpha value is -1.72. The summed E-state index contributed by atoms with van der Waals surface area (Å²) in [6.45, 7) is 12.0. The van der Waals surface area contributed by atoms with Crippen LogP contribution >= 0.6 is 0 Å². The molecule has 0 radical (unpaired) electrons. The lowest BCUT2D eigenvalue weighted by molar-refractivity contribution is -0.123. The van der Waals surface area contributed by atoms with Crippen molar-refractivity contribution in [2.24, 2.45) is 17.3 Å². The molecule has 1 aliphatic carbocycles. The van der Waals surface area contributed by atoms with Crippen LogP contribution in [0, 0.1) is 23.1 Å². The topological polar surface area (TPSA) is 41.6 Å². The lowest BCUT2D eigenvalue weighted by Crippen LogP contribution is -2.44. The molecule has 2 aliphatic rings. The summed E-state index contributed by atoms with van der Waals surface area (Å²) >= 11 is 0. The van der Waals surface area contributed by atoms with Gasteiger partial charge < -0.3 is 10.1 Å². The Morgan fingerprint density at radius 1 is 1.30 bits per heavy atom. The van der Waals surface area contributed by atoms with Crippen LogP contribution in [0.4, 0.5) is 4.39 Å². The highest BCUT2D eigenvalue weighted by Gasteiger charge is 2.60. The van der Waals surface area contributed by atoms with Gasteiger partial charge in [0.05, 0.1) is 25.2 Å². The number of hydrogen-bond acceptors (Lipinski definition) is 3. The lowest BCUT2D eigenvalue weighted by atomic mass is 10.0. The third-order valence-electron chi connectivity index (χ3n) is 5.92. The number of carbonyl (C=O) groups is 1. The molecule has 27 heavy (non-hydrogen) atoms. The zero-order valence-electron chi connectivity index (χ0n) is 16.8. The molecule has 148 valence electrons. The maximum atomic E-state index is 13.3. The number of morpholine rings is 1. The van der Waals surface area contributed by atoms with E-state index in [1.807, 2.05) is 12.1 Å². The molecular weight excluding hydrogens is 343 g/mol. The number of benzene rings is 1. The Morgan fingerprint density at radius 3 is 2.52 bits per heavy atom. The Kier molecular flexibility index (Phi) is 6.02. The molecule has 1 heterocycles. The second kappa shape index (κ2) is 8.11. The molecule has 4 nitrogen and oxygen atoms in total. The Labute approximate surface area is 161 Å². The average Bonchev–Trinajstić information content (AvgIpc) is 3.16. The third-order valence-corrected chi connectivity index (χ3v) is 5.92. The van der Waals surface area contributed by atoms with Crippen LogP contribution in [0.1, 0.15) is 39.3 Å². The Morgan fingerprint density at radius 2 is 1.93 bits per heavy atom. The van der Waals surface area contributed by atoms with Crippen molar-refractivity contribution in [3.63, 3.8) is 0 Å². The second-order valence-electron chi connectivity index (χ2n) is 8.53. The number of allylic oxidation sites excluding steroid dienone is 2. The van der Waals surface area contributed by atoms with E-state index in [-0.39, 0.29) is 29.1 Å². The average molecular weight is 375 g/mol. The van der Waals surface area contributed by atoms with Crippen LogP contribution in [0.5, 0.6) is 0 Å². The van der Waals surface area contributed by atoms with Gasteiger partial charge in [-0.15, -0.1) is 0 Å². The van der Waals surface area contributed by atoms with Crippen molar-refractivity contribution in [1.82, 2.24) is 10.2 Å². The summed E-state index contributed by atoms with van der Waals surface area (Å²) in [5.41, 5.74) is 2.28. The fraction of sp³-hybridized carbons (Fsp3) is 0.591. The standard InChI is InChI=1S/C22H31FN2O2/c1-15(2)13-18-20(22(18,3)4)21(26)24-14-19(25-9-11-27-12-10-25)16-5-7-17(23)8-6-16/h5-8,13,18-20H,9-12,14H2,1-4H3,(H,24,26)/t18-,19+,20-/m1/s1. The van der Waals surface area contributed by atoms with Gasteiger partial charge in [-0.05, 0) is 42.9 Å². The number of rotatable bonds is 6. The summed E-state index contributed by atoms with van der Waals surface area (Å²) in [5, 5.41) is 3.17. The first-order valence-electron chi connectivity index (χ1n) is 9.80. The summed E-state index contributed by atoms with van der Waals surface area (Å²) < 4.78 is 18.8. The summed E-state index contributed by atoms with van der Waals surface area (Å²) in [5.74, 6) is 0.191. The number of carbonyl (C=O) groups excluding carboxylic acids is 1. The van der Waals surface area contributed by atoms with E-state index in [9.17, 15) is 9.18 Å². The first-order chi connectivity index (χ1) is 12.8. The fourth-order valence-electron chi connectivity index (χ4n) is 4.19. The molecule has 3 atom stereocenters. The number of hydrogen-bond donors (Lipinski definition) is 1. The van der Waals surface area contributed by atoms with Crippen molar-refractivity contribution in [1.29, 1.82) is 0 Å². The van der Waals surface area contributed by atoms with Gasteiger partial charge >= 0.3 is 0 Å². The zero-order valence-corrected chi connectivity index (χ0v) is 16.8.